The molecule has 20 heavy (non-hydrogen) atoms. The Kier molecular flexibility index (Phi) is 4.30. The van der Waals surface area contributed by atoms with Gasteiger partial charge >= 0.3 is 5.97 Å². The molecule has 0 amide bonds. The molecule has 2 rings (SSSR count). The van der Waals surface area contributed by atoms with E-state index in [4.69, 9.17) is 0 Å². The summed E-state index contributed by atoms with van der Waals surface area (Å²) in [4.78, 5) is 15.5. The fraction of sp³-hybridized carbons (Fsp3) is 0.200. The summed E-state index contributed by atoms with van der Waals surface area (Å²) in [6.07, 6.45) is 1.18. The van der Waals surface area contributed by atoms with E-state index >= 15 is 0 Å². The van der Waals surface area contributed by atoms with Crippen LogP contribution >= 0.6 is 0 Å². The maximum absolute atomic E-state index is 12.8. The molecule has 4 nitrogen and oxygen atoms in total. The second-order valence-electron chi connectivity index (χ2n) is 4.34. The van der Waals surface area contributed by atoms with Gasteiger partial charge in [0, 0.05) is 5.69 Å². The van der Waals surface area contributed by atoms with Crippen LogP contribution < -0.4 is 5.32 Å². The minimum atomic E-state index is -0.388. The van der Waals surface area contributed by atoms with E-state index in [-0.39, 0.29) is 17.8 Å². The first-order chi connectivity index (χ1) is 9.60. The number of rotatable bonds is 4. The quantitative estimate of drug-likeness (QED) is 0.870. The standard InChI is InChI=1S/C15H15FN2O2/c1-10(14-7-6-12(16)9-17-14)18-13-5-3-4-11(8-13)15(19)20-2/h3-10,18H,1-2H3. The van der Waals surface area contributed by atoms with Gasteiger partial charge in [0.25, 0.3) is 0 Å². The third kappa shape index (κ3) is 3.32. The molecule has 1 N–H and O–H groups in total. The van der Waals surface area contributed by atoms with Crippen molar-refractivity contribution < 1.29 is 13.9 Å². The van der Waals surface area contributed by atoms with E-state index in [1.54, 1.807) is 24.3 Å². The fourth-order valence-electron chi connectivity index (χ4n) is 1.82. The summed E-state index contributed by atoms with van der Waals surface area (Å²) in [5.74, 6) is -0.755. The molecule has 0 saturated heterocycles. The highest BCUT2D eigenvalue weighted by molar-refractivity contribution is 5.90. The monoisotopic (exact) mass is 274 g/mol. The zero-order valence-corrected chi connectivity index (χ0v) is 11.3. The lowest BCUT2D eigenvalue weighted by molar-refractivity contribution is 0.0601. The number of aromatic nitrogens is 1. The van der Waals surface area contributed by atoms with Crippen LogP contribution in [-0.2, 0) is 4.74 Å². The molecule has 0 spiro atoms. The molecule has 5 heteroatoms. The zero-order chi connectivity index (χ0) is 14.5. The molecule has 104 valence electrons. The summed E-state index contributed by atoms with van der Waals surface area (Å²) >= 11 is 0. The van der Waals surface area contributed by atoms with Gasteiger partial charge in [-0.3, -0.25) is 4.98 Å². The highest BCUT2D eigenvalue weighted by atomic mass is 19.1. The Morgan fingerprint density at radius 1 is 1.35 bits per heavy atom. The van der Waals surface area contributed by atoms with Crippen LogP contribution in [0.3, 0.4) is 0 Å². The van der Waals surface area contributed by atoms with E-state index in [2.05, 4.69) is 15.0 Å². The van der Waals surface area contributed by atoms with Crippen molar-refractivity contribution in [1.82, 2.24) is 4.98 Å². The first kappa shape index (κ1) is 14.0. The number of benzene rings is 1. The normalized spacial score (nSPS) is 11.8. The van der Waals surface area contributed by atoms with E-state index in [1.807, 2.05) is 13.0 Å². The van der Waals surface area contributed by atoms with Gasteiger partial charge in [-0.1, -0.05) is 6.07 Å². The number of pyridine rings is 1. The van der Waals surface area contributed by atoms with Gasteiger partial charge in [-0.05, 0) is 37.3 Å². The number of nitrogens with zero attached hydrogens (tertiary/aromatic N) is 1. The molecular weight excluding hydrogens is 259 g/mol. The second kappa shape index (κ2) is 6.14. The number of halogens is 1. The van der Waals surface area contributed by atoms with Crippen LogP contribution in [0.4, 0.5) is 10.1 Å². The summed E-state index contributed by atoms with van der Waals surface area (Å²) < 4.78 is 17.5. The molecule has 2 aromatic rings. The third-order valence-corrected chi connectivity index (χ3v) is 2.86. The van der Waals surface area contributed by atoms with Crippen LogP contribution in [-0.4, -0.2) is 18.1 Å². The molecule has 0 aliphatic rings. The maximum atomic E-state index is 12.8. The SMILES string of the molecule is COC(=O)c1cccc(NC(C)c2ccc(F)cn2)c1. The first-order valence-corrected chi connectivity index (χ1v) is 6.16. The van der Waals surface area contributed by atoms with Crippen LogP contribution in [0.25, 0.3) is 0 Å². The molecule has 0 fully saturated rings. The second-order valence-corrected chi connectivity index (χ2v) is 4.34. The number of hydrogen-bond donors (Lipinski definition) is 1. The third-order valence-electron chi connectivity index (χ3n) is 2.86. The Labute approximate surface area is 116 Å². The van der Waals surface area contributed by atoms with Crippen molar-refractivity contribution >= 4 is 11.7 Å². The van der Waals surface area contributed by atoms with Crippen LogP contribution in [0, 0.1) is 5.82 Å². The van der Waals surface area contributed by atoms with Gasteiger partial charge in [0.2, 0.25) is 0 Å². The average Bonchev–Trinajstić information content (AvgIpc) is 2.47. The number of methoxy groups -OCH3 is 1. The number of hydrogen-bond acceptors (Lipinski definition) is 4. The number of nitrogens with one attached hydrogen (secondary N) is 1. The van der Waals surface area contributed by atoms with Crippen molar-refractivity contribution in [2.24, 2.45) is 0 Å². The Morgan fingerprint density at radius 3 is 2.80 bits per heavy atom. The average molecular weight is 274 g/mol. The maximum Gasteiger partial charge on any atom is 0.337 e. The van der Waals surface area contributed by atoms with Crippen molar-refractivity contribution in [3.05, 3.63) is 59.7 Å². The summed E-state index contributed by atoms with van der Waals surface area (Å²) in [6.45, 7) is 1.91. The number of anilines is 1. The van der Waals surface area contributed by atoms with Gasteiger partial charge in [0.15, 0.2) is 0 Å². The Bertz CT molecular complexity index is 599. The van der Waals surface area contributed by atoms with E-state index in [1.165, 1.54) is 19.4 Å². The van der Waals surface area contributed by atoms with Crippen LogP contribution in [0.5, 0.6) is 0 Å². The molecule has 1 heterocycles. The molecule has 1 unspecified atom stereocenters. The summed E-state index contributed by atoms with van der Waals surface area (Å²) in [6, 6.07) is 9.86. The predicted molar refractivity (Wildman–Crippen MR) is 74.0 cm³/mol. The lowest BCUT2D eigenvalue weighted by atomic mass is 10.1. The van der Waals surface area contributed by atoms with Crippen molar-refractivity contribution in [2.75, 3.05) is 12.4 Å². The molecular formula is C15H15FN2O2. The van der Waals surface area contributed by atoms with Crippen molar-refractivity contribution in [1.29, 1.82) is 0 Å². The minimum Gasteiger partial charge on any atom is -0.465 e. The Balaban J connectivity index is 2.13. The fourth-order valence-corrected chi connectivity index (χ4v) is 1.82. The molecule has 0 saturated carbocycles. The van der Waals surface area contributed by atoms with Gasteiger partial charge in [-0.25, -0.2) is 9.18 Å². The summed E-state index contributed by atoms with van der Waals surface area (Å²) in [7, 11) is 1.34. The van der Waals surface area contributed by atoms with E-state index in [0.717, 1.165) is 11.4 Å². The highest BCUT2D eigenvalue weighted by Crippen LogP contribution is 2.19. The minimum absolute atomic E-state index is 0.108. The van der Waals surface area contributed by atoms with Crippen molar-refractivity contribution in [2.45, 2.75) is 13.0 Å². The molecule has 0 bridgehead atoms. The molecule has 0 aliphatic carbocycles. The predicted octanol–water partition coefficient (Wildman–Crippen LogP) is 3.18. The van der Waals surface area contributed by atoms with Crippen LogP contribution in [0.15, 0.2) is 42.6 Å². The molecule has 1 aromatic heterocycles. The largest absolute Gasteiger partial charge is 0.465 e. The summed E-state index contributed by atoms with van der Waals surface area (Å²) in [5, 5.41) is 3.20. The van der Waals surface area contributed by atoms with Gasteiger partial charge in [-0.15, -0.1) is 0 Å². The van der Waals surface area contributed by atoms with Gasteiger partial charge in [0.05, 0.1) is 30.6 Å². The number of carbonyl (C=O) groups is 1. The molecule has 0 radical (unpaired) electrons. The zero-order valence-electron chi connectivity index (χ0n) is 11.3. The lowest BCUT2D eigenvalue weighted by Gasteiger charge is -2.15. The molecule has 1 aromatic carbocycles. The molecule has 1 atom stereocenters. The van der Waals surface area contributed by atoms with Crippen molar-refractivity contribution in [3.63, 3.8) is 0 Å². The van der Waals surface area contributed by atoms with Gasteiger partial charge < -0.3 is 10.1 Å². The Hall–Kier alpha value is -2.43. The lowest BCUT2D eigenvalue weighted by Crippen LogP contribution is -2.09. The summed E-state index contributed by atoms with van der Waals surface area (Å²) in [5.41, 5.74) is 1.96. The highest BCUT2D eigenvalue weighted by Gasteiger charge is 2.09. The number of ether oxygens (including phenoxy) is 1. The smallest absolute Gasteiger partial charge is 0.337 e. The number of carbonyl (C=O) groups excluding carboxylic acids is 1. The van der Waals surface area contributed by atoms with E-state index in [0.29, 0.717) is 5.56 Å². The van der Waals surface area contributed by atoms with E-state index in [9.17, 15) is 9.18 Å². The first-order valence-electron chi connectivity index (χ1n) is 6.16. The van der Waals surface area contributed by atoms with Crippen LogP contribution in [0.2, 0.25) is 0 Å². The van der Waals surface area contributed by atoms with Gasteiger partial charge in [0.1, 0.15) is 5.82 Å². The van der Waals surface area contributed by atoms with Crippen LogP contribution in [0.1, 0.15) is 29.0 Å². The van der Waals surface area contributed by atoms with E-state index < -0.39 is 0 Å². The van der Waals surface area contributed by atoms with Gasteiger partial charge in [-0.2, -0.15) is 0 Å². The molecule has 0 aliphatic heterocycles. The Morgan fingerprint density at radius 2 is 2.15 bits per heavy atom. The van der Waals surface area contributed by atoms with Crippen molar-refractivity contribution in [3.8, 4) is 0 Å². The number of esters is 1. The topological polar surface area (TPSA) is 51.2 Å².